The van der Waals surface area contributed by atoms with Crippen LogP contribution in [0.5, 0.6) is 0 Å². The maximum absolute atomic E-state index is 12.4. The summed E-state index contributed by atoms with van der Waals surface area (Å²) >= 11 is 6.01. The number of hydrogen-bond acceptors (Lipinski definition) is 4. The molecule has 0 radical (unpaired) electrons. The van der Waals surface area contributed by atoms with E-state index in [2.05, 4.69) is 5.32 Å². The van der Waals surface area contributed by atoms with Crippen molar-refractivity contribution in [3.8, 4) is 5.69 Å². The lowest BCUT2D eigenvalue weighted by Gasteiger charge is -2.15. The smallest absolute Gasteiger partial charge is 0.262 e. The fraction of sp³-hybridized carbons (Fsp3) is 0.133. The first-order valence-corrected chi connectivity index (χ1v) is 7.01. The Hall–Kier alpha value is -2.60. The predicted octanol–water partition coefficient (Wildman–Crippen LogP) is 1.52. The van der Waals surface area contributed by atoms with Crippen molar-refractivity contribution in [2.75, 3.05) is 5.73 Å². The second-order valence-corrected chi connectivity index (χ2v) is 5.34. The zero-order valence-electron chi connectivity index (χ0n) is 11.6. The monoisotopic (exact) mass is 317 g/mol. The van der Waals surface area contributed by atoms with Crippen molar-refractivity contribution in [1.29, 1.82) is 0 Å². The second-order valence-electron chi connectivity index (χ2n) is 4.90. The van der Waals surface area contributed by atoms with Crippen LogP contribution in [0, 0.1) is 0 Å². The number of nitrogen functional groups attached to an aromatic ring is 1. The lowest BCUT2D eigenvalue weighted by Crippen LogP contribution is -2.24. The lowest BCUT2D eigenvalue weighted by molar-refractivity contribution is 0.0880. The van der Waals surface area contributed by atoms with Crippen LogP contribution in [0.3, 0.4) is 0 Å². The SMILES string of the molecule is CCc1ccc(Cl)cc1-n1c(N)c2c(cc1=O)C(=O)NC2=O. The summed E-state index contributed by atoms with van der Waals surface area (Å²) in [6.45, 7) is 1.93. The number of aryl methyl sites for hydroxylation is 1. The van der Waals surface area contributed by atoms with Gasteiger partial charge in [-0.3, -0.25) is 24.3 Å². The first kappa shape index (κ1) is 14.3. The fourth-order valence-corrected chi connectivity index (χ4v) is 2.74. The largest absolute Gasteiger partial charge is 0.384 e. The molecule has 2 amide bonds. The highest BCUT2D eigenvalue weighted by Gasteiger charge is 2.32. The quantitative estimate of drug-likeness (QED) is 0.821. The van der Waals surface area contributed by atoms with Crippen molar-refractivity contribution in [2.45, 2.75) is 13.3 Å². The number of imide groups is 1. The van der Waals surface area contributed by atoms with Gasteiger partial charge >= 0.3 is 0 Å². The lowest BCUT2D eigenvalue weighted by atomic mass is 10.1. The second kappa shape index (κ2) is 4.99. The Morgan fingerprint density at radius 3 is 2.59 bits per heavy atom. The van der Waals surface area contributed by atoms with Gasteiger partial charge in [-0.25, -0.2) is 0 Å². The van der Waals surface area contributed by atoms with Crippen LogP contribution in [0.4, 0.5) is 5.82 Å². The molecule has 6 nitrogen and oxygen atoms in total. The molecule has 0 atom stereocenters. The molecule has 1 aromatic heterocycles. The van der Waals surface area contributed by atoms with Crippen LogP contribution in [0.25, 0.3) is 5.69 Å². The minimum atomic E-state index is -0.613. The summed E-state index contributed by atoms with van der Waals surface area (Å²) in [6.07, 6.45) is 0.653. The van der Waals surface area contributed by atoms with Gasteiger partial charge in [0, 0.05) is 11.1 Å². The Labute approximate surface area is 130 Å². The highest BCUT2D eigenvalue weighted by Crippen LogP contribution is 2.26. The highest BCUT2D eigenvalue weighted by atomic mass is 35.5. The minimum Gasteiger partial charge on any atom is -0.384 e. The number of pyridine rings is 1. The van der Waals surface area contributed by atoms with Gasteiger partial charge in [-0.15, -0.1) is 0 Å². The van der Waals surface area contributed by atoms with Gasteiger partial charge < -0.3 is 5.73 Å². The summed E-state index contributed by atoms with van der Waals surface area (Å²) in [4.78, 5) is 35.9. The third kappa shape index (κ3) is 2.00. The van der Waals surface area contributed by atoms with Gasteiger partial charge in [-0.1, -0.05) is 24.6 Å². The summed E-state index contributed by atoms with van der Waals surface area (Å²) in [5.41, 5.74) is 6.89. The number of rotatable bonds is 2. The topological polar surface area (TPSA) is 94.2 Å². The number of carbonyl (C=O) groups excluding carboxylic acids is 2. The Bertz CT molecular complexity index is 886. The number of carbonyl (C=O) groups is 2. The van der Waals surface area contributed by atoms with Crippen LogP contribution in [0.15, 0.2) is 29.1 Å². The van der Waals surface area contributed by atoms with Crippen LogP contribution < -0.4 is 16.6 Å². The molecule has 0 saturated carbocycles. The molecule has 0 aliphatic carbocycles. The Balaban J connectivity index is 2.37. The number of nitrogens with zero attached hydrogens (tertiary/aromatic N) is 1. The van der Waals surface area contributed by atoms with E-state index < -0.39 is 17.4 Å². The first-order chi connectivity index (χ1) is 10.4. The van der Waals surface area contributed by atoms with Crippen molar-refractivity contribution in [1.82, 2.24) is 9.88 Å². The molecule has 3 rings (SSSR count). The fourth-order valence-electron chi connectivity index (χ4n) is 2.57. The van der Waals surface area contributed by atoms with E-state index in [9.17, 15) is 14.4 Å². The summed E-state index contributed by atoms with van der Waals surface area (Å²) in [5, 5.41) is 2.58. The Kier molecular flexibility index (Phi) is 3.26. The number of halogens is 1. The van der Waals surface area contributed by atoms with Gasteiger partial charge in [0.25, 0.3) is 17.4 Å². The number of amides is 2. The highest BCUT2D eigenvalue weighted by molar-refractivity contribution is 6.30. The summed E-state index contributed by atoms with van der Waals surface area (Å²) in [5.74, 6) is -1.29. The molecule has 2 heterocycles. The van der Waals surface area contributed by atoms with E-state index in [0.717, 1.165) is 11.6 Å². The van der Waals surface area contributed by atoms with E-state index in [1.54, 1.807) is 18.2 Å². The molecule has 0 fully saturated rings. The van der Waals surface area contributed by atoms with Crippen molar-refractivity contribution in [3.05, 3.63) is 56.3 Å². The average Bonchev–Trinajstić information content (AvgIpc) is 2.74. The number of fused-ring (bicyclic) bond motifs is 1. The Morgan fingerprint density at radius 1 is 1.18 bits per heavy atom. The number of hydrogen-bond donors (Lipinski definition) is 2. The normalized spacial score (nSPS) is 13.2. The summed E-state index contributed by atoms with van der Waals surface area (Å²) in [6, 6.07) is 6.24. The van der Waals surface area contributed by atoms with E-state index in [0.29, 0.717) is 17.1 Å². The summed E-state index contributed by atoms with van der Waals surface area (Å²) < 4.78 is 1.21. The molecule has 1 aliphatic heterocycles. The van der Waals surface area contributed by atoms with Gasteiger partial charge in [0.1, 0.15) is 5.82 Å². The van der Waals surface area contributed by atoms with Gasteiger partial charge in [-0.2, -0.15) is 0 Å². The van der Waals surface area contributed by atoms with Crippen LogP contribution in [-0.2, 0) is 6.42 Å². The molecule has 1 aromatic carbocycles. The molecule has 7 heteroatoms. The van der Waals surface area contributed by atoms with E-state index in [1.165, 1.54) is 4.57 Å². The molecular weight excluding hydrogens is 306 g/mol. The molecule has 22 heavy (non-hydrogen) atoms. The molecule has 1 aliphatic rings. The molecule has 3 N–H and O–H groups in total. The van der Waals surface area contributed by atoms with Crippen molar-refractivity contribution in [2.24, 2.45) is 0 Å². The van der Waals surface area contributed by atoms with Gasteiger partial charge in [-0.05, 0) is 24.1 Å². The van der Waals surface area contributed by atoms with Gasteiger partial charge in [0.2, 0.25) is 0 Å². The molecule has 2 aromatic rings. The van der Waals surface area contributed by atoms with Crippen molar-refractivity contribution in [3.63, 3.8) is 0 Å². The van der Waals surface area contributed by atoms with Crippen LogP contribution in [-0.4, -0.2) is 16.4 Å². The molecule has 0 saturated heterocycles. The third-order valence-electron chi connectivity index (χ3n) is 3.62. The molecule has 0 bridgehead atoms. The Morgan fingerprint density at radius 2 is 1.91 bits per heavy atom. The van der Waals surface area contributed by atoms with E-state index in [1.807, 2.05) is 6.92 Å². The maximum atomic E-state index is 12.4. The number of anilines is 1. The summed E-state index contributed by atoms with van der Waals surface area (Å²) in [7, 11) is 0. The van der Waals surface area contributed by atoms with Crippen LogP contribution in [0.2, 0.25) is 5.02 Å². The van der Waals surface area contributed by atoms with Gasteiger partial charge in [0.05, 0.1) is 16.8 Å². The van der Waals surface area contributed by atoms with Crippen molar-refractivity contribution < 1.29 is 9.59 Å². The minimum absolute atomic E-state index is 0.00354. The van der Waals surface area contributed by atoms with E-state index in [4.69, 9.17) is 17.3 Å². The van der Waals surface area contributed by atoms with E-state index in [-0.39, 0.29) is 16.9 Å². The van der Waals surface area contributed by atoms with Crippen LogP contribution >= 0.6 is 11.6 Å². The number of aromatic nitrogens is 1. The molecule has 0 spiro atoms. The third-order valence-corrected chi connectivity index (χ3v) is 3.86. The zero-order chi connectivity index (χ0) is 16.0. The standard InChI is InChI=1S/C15H12ClN3O3/c1-2-7-3-4-8(16)5-10(7)19-11(20)6-9-12(13(19)17)15(22)18-14(9)21/h3-6H,2,17H2,1H3,(H,18,21,22). The number of benzene rings is 1. The van der Waals surface area contributed by atoms with Crippen LogP contribution in [0.1, 0.15) is 33.2 Å². The number of nitrogens with one attached hydrogen (secondary N) is 1. The molecule has 112 valence electrons. The first-order valence-electron chi connectivity index (χ1n) is 6.64. The van der Waals surface area contributed by atoms with Crippen molar-refractivity contribution >= 4 is 29.2 Å². The maximum Gasteiger partial charge on any atom is 0.262 e. The number of nitrogens with two attached hydrogens (primary N) is 1. The predicted molar refractivity (Wildman–Crippen MR) is 82.6 cm³/mol. The van der Waals surface area contributed by atoms with E-state index >= 15 is 0 Å². The molecular formula is C15H12ClN3O3. The van der Waals surface area contributed by atoms with Gasteiger partial charge in [0.15, 0.2) is 0 Å². The average molecular weight is 318 g/mol. The molecule has 0 unspecified atom stereocenters. The zero-order valence-corrected chi connectivity index (χ0v) is 12.4.